The van der Waals surface area contributed by atoms with E-state index in [0.717, 1.165) is 24.8 Å². The number of hydrogen-bond donors (Lipinski definition) is 1. The third-order valence-corrected chi connectivity index (χ3v) is 5.51. The Morgan fingerprint density at radius 2 is 2.10 bits per heavy atom. The molecule has 3 aromatic rings. The van der Waals surface area contributed by atoms with Gasteiger partial charge in [-0.25, -0.2) is 14.2 Å². The second-order valence-electron chi connectivity index (χ2n) is 7.07. The average Bonchev–Trinajstić information content (AvgIpc) is 3.17. The quantitative estimate of drug-likeness (QED) is 0.711. The molecule has 1 aromatic carbocycles. The molecule has 1 spiro atoms. The predicted molar refractivity (Wildman–Crippen MR) is 98.7 cm³/mol. The highest BCUT2D eigenvalue weighted by atomic mass is 19.1. The van der Waals surface area contributed by atoms with E-state index >= 15 is 0 Å². The molecule has 1 saturated carbocycles. The Labute approximate surface area is 165 Å². The van der Waals surface area contributed by atoms with Crippen molar-refractivity contribution in [3.63, 3.8) is 0 Å². The molecule has 0 bridgehead atoms. The summed E-state index contributed by atoms with van der Waals surface area (Å²) in [5, 5.41) is 0. The lowest BCUT2D eigenvalue weighted by Crippen LogP contribution is -2.57. The van der Waals surface area contributed by atoms with Crippen LogP contribution in [0, 0.1) is 5.82 Å². The van der Waals surface area contributed by atoms with Gasteiger partial charge in [0.15, 0.2) is 11.6 Å². The van der Waals surface area contributed by atoms with Crippen LogP contribution in [0.5, 0.6) is 17.6 Å². The van der Waals surface area contributed by atoms with E-state index in [0.29, 0.717) is 17.1 Å². The van der Waals surface area contributed by atoms with Crippen LogP contribution in [0.15, 0.2) is 47.3 Å². The average molecular weight is 396 g/mol. The van der Waals surface area contributed by atoms with E-state index in [1.165, 1.54) is 24.7 Å². The van der Waals surface area contributed by atoms with E-state index in [1.807, 2.05) is 6.07 Å². The van der Waals surface area contributed by atoms with Gasteiger partial charge in [0.2, 0.25) is 0 Å². The van der Waals surface area contributed by atoms with Gasteiger partial charge in [0, 0.05) is 23.4 Å². The van der Waals surface area contributed by atoms with Gasteiger partial charge < -0.3 is 19.6 Å². The molecule has 1 aliphatic heterocycles. The molecule has 2 aliphatic rings. The SMILES string of the molecule is Nc1nccc(CN2C(=O)Oc3cc(Oc4ncco4)ccc3C23CCC3)c1F. The largest absolute Gasteiger partial charge is 0.417 e. The Balaban J connectivity index is 1.49. The first-order valence-electron chi connectivity index (χ1n) is 9.17. The lowest BCUT2D eigenvalue weighted by atomic mass is 9.69. The van der Waals surface area contributed by atoms with Crippen molar-refractivity contribution in [2.75, 3.05) is 5.73 Å². The van der Waals surface area contributed by atoms with Crippen molar-refractivity contribution in [1.29, 1.82) is 0 Å². The number of benzene rings is 1. The fourth-order valence-corrected chi connectivity index (χ4v) is 3.93. The minimum Gasteiger partial charge on any atom is -0.417 e. The highest BCUT2D eigenvalue weighted by molar-refractivity contribution is 5.76. The first-order chi connectivity index (χ1) is 14.1. The number of nitrogens with zero attached hydrogens (tertiary/aromatic N) is 3. The standard InChI is InChI=1S/C20H17FN4O4/c21-16-12(4-7-23-17(16)22)11-25-19(26)29-15-10-13(28-18-24-8-9-27-18)2-3-14(15)20(25)5-1-6-20/h2-4,7-10H,1,5-6,11H2,(H2,22,23). The van der Waals surface area contributed by atoms with E-state index in [-0.39, 0.29) is 18.4 Å². The smallest absolute Gasteiger partial charge is 0.416 e. The second kappa shape index (κ2) is 6.47. The highest BCUT2D eigenvalue weighted by Gasteiger charge is 2.51. The Hall–Kier alpha value is -3.62. The number of anilines is 1. The van der Waals surface area contributed by atoms with Crippen molar-refractivity contribution in [3.8, 4) is 17.6 Å². The second-order valence-corrected chi connectivity index (χ2v) is 7.07. The van der Waals surface area contributed by atoms with Gasteiger partial charge in [0.05, 0.1) is 18.3 Å². The maximum absolute atomic E-state index is 14.4. The maximum Gasteiger partial charge on any atom is 0.416 e. The van der Waals surface area contributed by atoms with Gasteiger partial charge >= 0.3 is 12.2 Å². The number of fused-ring (bicyclic) bond motifs is 2. The Kier molecular flexibility index (Phi) is 3.90. The number of carbonyl (C=O) groups excluding carboxylic acids is 1. The predicted octanol–water partition coefficient (Wildman–Crippen LogP) is 3.98. The van der Waals surface area contributed by atoms with Crippen LogP contribution in [-0.4, -0.2) is 21.0 Å². The Morgan fingerprint density at radius 1 is 1.24 bits per heavy atom. The van der Waals surface area contributed by atoms with Crippen molar-refractivity contribution in [1.82, 2.24) is 14.9 Å². The summed E-state index contributed by atoms with van der Waals surface area (Å²) in [5.41, 5.74) is 6.20. The number of rotatable bonds is 4. The maximum atomic E-state index is 14.4. The fraction of sp³-hybridized carbons (Fsp3) is 0.250. The molecule has 148 valence electrons. The van der Waals surface area contributed by atoms with Gasteiger partial charge in [-0.2, -0.15) is 4.98 Å². The van der Waals surface area contributed by atoms with Gasteiger partial charge in [-0.3, -0.25) is 4.90 Å². The zero-order valence-corrected chi connectivity index (χ0v) is 15.3. The van der Waals surface area contributed by atoms with Gasteiger partial charge in [-0.1, -0.05) is 0 Å². The van der Waals surface area contributed by atoms with E-state index in [2.05, 4.69) is 9.97 Å². The molecule has 2 N–H and O–H groups in total. The molecule has 1 amide bonds. The number of nitrogen functional groups attached to an aromatic ring is 1. The van der Waals surface area contributed by atoms with Crippen molar-refractivity contribution >= 4 is 11.9 Å². The number of nitrogens with two attached hydrogens (primary N) is 1. The number of oxazole rings is 1. The molecule has 1 aliphatic carbocycles. The molecule has 0 atom stereocenters. The summed E-state index contributed by atoms with van der Waals surface area (Å²) in [5.74, 6) is 0.0547. The van der Waals surface area contributed by atoms with Crippen LogP contribution in [0.1, 0.15) is 30.4 Å². The molecule has 3 heterocycles. The lowest BCUT2D eigenvalue weighted by molar-refractivity contribution is 0.00111. The Bertz CT molecular complexity index is 1080. The molecule has 29 heavy (non-hydrogen) atoms. The minimum atomic E-state index is -0.615. The number of aromatic nitrogens is 2. The van der Waals surface area contributed by atoms with Crippen molar-refractivity contribution in [2.24, 2.45) is 0 Å². The molecule has 2 aromatic heterocycles. The first kappa shape index (κ1) is 17.5. The molecule has 0 unspecified atom stereocenters. The molecule has 1 fully saturated rings. The molecular weight excluding hydrogens is 379 g/mol. The number of ether oxygens (including phenoxy) is 2. The summed E-state index contributed by atoms with van der Waals surface area (Å²) in [6.45, 7) is 0.0470. The minimum absolute atomic E-state index is 0.0470. The van der Waals surface area contributed by atoms with Crippen LogP contribution >= 0.6 is 0 Å². The highest BCUT2D eigenvalue weighted by Crippen LogP contribution is 2.53. The van der Waals surface area contributed by atoms with Crippen LogP contribution in [-0.2, 0) is 12.1 Å². The number of halogens is 1. The lowest BCUT2D eigenvalue weighted by Gasteiger charge is -2.52. The van der Waals surface area contributed by atoms with Crippen molar-refractivity contribution in [2.45, 2.75) is 31.3 Å². The van der Waals surface area contributed by atoms with Gasteiger partial charge in [0.25, 0.3) is 0 Å². The monoisotopic (exact) mass is 396 g/mol. The van der Waals surface area contributed by atoms with Crippen LogP contribution in [0.2, 0.25) is 0 Å². The van der Waals surface area contributed by atoms with Crippen molar-refractivity contribution in [3.05, 3.63) is 59.9 Å². The number of hydrogen-bond acceptors (Lipinski definition) is 7. The molecule has 8 nitrogen and oxygen atoms in total. The van der Waals surface area contributed by atoms with E-state index in [9.17, 15) is 9.18 Å². The summed E-state index contributed by atoms with van der Waals surface area (Å²) >= 11 is 0. The topological polar surface area (TPSA) is 104 Å². The zero-order chi connectivity index (χ0) is 20.0. The van der Waals surface area contributed by atoms with Gasteiger partial charge in [-0.05, 0) is 37.5 Å². The molecule has 0 saturated heterocycles. The van der Waals surface area contributed by atoms with Gasteiger partial charge in [0.1, 0.15) is 17.8 Å². The number of pyridine rings is 1. The van der Waals surface area contributed by atoms with Crippen molar-refractivity contribution < 1.29 is 23.1 Å². The zero-order valence-electron chi connectivity index (χ0n) is 15.3. The number of amides is 1. The van der Waals surface area contributed by atoms with Crippen LogP contribution in [0.25, 0.3) is 0 Å². The molecule has 5 rings (SSSR count). The van der Waals surface area contributed by atoms with E-state index in [1.54, 1.807) is 17.0 Å². The Morgan fingerprint density at radius 3 is 2.83 bits per heavy atom. The van der Waals surface area contributed by atoms with E-state index in [4.69, 9.17) is 19.6 Å². The number of carbonyl (C=O) groups is 1. The summed E-state index contributed by atoms with van der Waals surface area (Å²) in [4.78, 5) is 22.1. The molecular formula is C20H17FN4O4. The van der Waals surface area contributed by atoms with Gasteiger partial charge in [-0.15, -0.1) is 0 Å². The third-order valence-electron chi connectivity index (χ3n) is 5.51. The van der Waals surface area contributed by atoms with E-state index < -0.39 is 17.4 Å². The summed E-state index contributed by atoms with van der Waals surface area (Å²) in [7, 11) is 0. The van der Waals surface area contributed by atoms with Crippen LogP contribution in [0.3, 0.4) is 0 Å². The molecule has 0 radical (unpaired) electrons. The molecule has 9 heteroatoms. The summed E-state index contributed by atoms with van der Waals surface area (Å²) in [6, 6.07) is 6.79. The summed E-state index contributed by atoms with van der Waals surface area (Å²) < 4.78 is 30.6. The first-order valence-corrected chi connectivity index (χ1v) is 9.17. The fourth-order valence-electron chi connectivity index (χ4n) is 3.93. The summed E-state index contributed by atoms with van der Waals surface area (Å²) in [6.07, 6.45) is 6.34. The normalized spacial score (nSPS) is 16.9. The third kappa shape index (κ3) is 2.77. The van der Waals surface area contributed by atoms with Crippen LogP contribution < -0.4 is 15.2 Å². The van der Waals surface area contributed by atoms with Crippen LogP contribution in [0.4, 0.5) is 15.0 Å².